The Kier molecular flexibility index (Phi) is 8.95. The van der Waals surface area contributed by atoms with Crippen molar-refractivity contribution in [2.75, 3.05) is 47.0 Å². The molecule has 212 valence electrons. The predicted molar refractivity (Wildman–Crippen MR) is 151 cm³/mol. The molecule has 1 N–H and O–H groups in total. The SMILES string of the molecule is COc1ccc(CN2CCN(C(=O)CCc3nnc(-c4ccc(OCC5CCC5)c(OC)c4)[nH]c3=O)CC2)cc1. The molecule has 40 heavy (non-hydrogen) atoms. The van der Waals surface area contributed by atoms with Crippen LogP contribution in [0.15, 0.2) is 47.3 Å². The third-order valence-electron chi connectivity index (χ3n) is 7.77. The van der Waals surface area contributed by atoms with Gasteiger partial charge in [0.05, 0.1) is 20.8 Å². The molecule has 5 rings (SSSR count). The maximum atomic E-state index is 12.8. The molecular weight excluding hydrogens is 510 g/mol. The molecule has 2 fully saturated rings. The molecule has 2 aliphatic rings. The van der Waals surface area contributed by atoms with E-state index < -0.39 is 0 Å². The molecule has 0 spiro atoms. The van der Waals surface area contributed by atoms with E-state index in [0.29, 0.717) is 48.5 Å². The number of nitrogens with zero attached hydrogens (tertiary/aromatic N) is 4. The standard InChI is InChI=1S/C30H37N5O5/c1-38-24-9-6-21(7-10-24)19-34-14-16-35(17-15-34)28(36)13-11-25-30(37)31-29(33-32-25)23-8-12-26(27(18-23)39-2)40-20-22-4-3-5-22/h6-10,12,18,22H,3-5,11,13-17,19-20H2,1-2H3,(H,31,33,37). The fraction of sp³-hybridized carbons (Fsp3) is 0.467. The van der Waals surface area contributed by atoms with Crippen molar-refractivity contribution in [2.45, 2.75) is 38.6 Å². The van der Waals surface area contributed by atoms with Crippen molar-refractivity contribution in [2.24, 2.45) is 5.92 Å². The zero-order chi connectivity index (χ0) is 27.9. The van der Waals surface area contributed by atoms with Crippen LogP contribution in [-0.4, -0.2) is 77.9 Å². The number of hydrogen-bond donors (Lipinski definition) is 1. The lowest BCUT2D eigenvalue weighted by molar-refractivity contribution is -0.133. The van der Waals surface area contributed by atoms with Crippen LogP contribution in [0.2, 0.25) is 0 Å². The van der Waals surface area contributed by atoms with Crippen LogP contribution < -0.4 is 19.8 Å². The second-order valence-electron chi connectivity index (χ2n) is 10.4. The fourth-order valence-electron chi connectivity index (χ4n) is 4.98. The number of methoxy groups -OCH3 is 2. The topological polar surface area (TPSA) is 110 Å². The summed E-state index contributed by atoms with van der Waals surface area (Å²) in [5.41, 5.74) is 1.80. The summed E-state index contributed by atoms with van der Waals surface area (Å²) < 4.78 is 16.7. The third-order valence-corrected chi connectivity index (χ3v) is 7.77. The van der Waals surface area contributed by atoms with Crippen molar-refractivity contribution in [1.29, 1.82) is 0 Å². The molecule has 0 radical (unpaired) electrons. The molecule has 0 unspecified atom stereocenters. The molecule has 1 amide bonds. The molecule has 10 heteroatoms. The summed E-state index contributed by atoms with van der Waals surface area (Å²) in [6, 6.07) is 13.5. The Bertz CT molecular complexity index is 1350. The maximum Gasteiger partial charge on any atom is 0.273 e. The summed E-state index contributed by atoms with van der Waals surface area (Å²) in [5, 5.41) is 8.37. The minimum Gasteiger partial charge on any atom is -0.497 e. The van der Waals surface area contributed by atoms with Gasteiger partial charge in [-0.25, -0.2) is 0 Å². The van der Waals surface area contributed by atoms with E-state index in [1.54, 1.807) is 20.3 Å². The highest BCUT2D eigenvalue weighted by Crippen LogP contribution is 2.33. The van der Waals surface area contributed by atoms with Gasteiger partial charge in [-0.1, -0.05) is 18.6 Å². The number of ether oxygens (including phenoxy) is 3. The number of carbonyl (C=O) groups excluding carboxylic acids is 1. The average molecular weight is 548 g/mol. The Balaban J connectivity index is 1.11. The Morgan fingerprint density at radius 3 is 2.40 bits per heavy atom. The first-order chi connectivity index (χ1) is 19.5. The molecule has 1 aliphatic heterocycles. The molecule has 10 nitrogen and oxygen atoms in total. The van der Waals surface area contributed by atoms with Crippen molar-refractivity contribution >= 4 is 5.91 Å². The van der Waals surface area contributed by atoms with E-state index in [4.69, 9.17) is 14.2 Å². The molecule has 2 heterocycles. The summed E-state index contributed by atoms with van der Waals surface area (Å²) in [5.74, 6) is 3.08. The van der Waals surface area contributed by atoms with Gasteiger partial charge in [-0.05, 0) is 54.7 Å². The van der Waals surface area contributed by atoms with Gasteiger partial charge in [0.25, 0.3) is 5.56 Å². The number of aryl methyl sites for hydroxylation is 1. The number of benzene rings is 2. The number of aromatic nitrogens is 3. The Labute approximate surface area is 234 Å². The largest absolute Gasteiger partial charge is 0.497 e. The van der Waals surface area contributed by atoms with E-state index >= 15 is 0 Å². The Morgan fingerprint density at radius 2 is 1.75 bits per heavy atom. The van der Waals surface area contributed by atoms with E-state index in [1.165, 1.54) is 24.8 Å². The minimum absolute atomic E-state index is 0.0246. The number of hydrogen-bond acceptors (Lipinski definition) is 8. The maximum absolute atomic E-state index is 12.8. The number of piperazine rings is 1. The molecule has 1 saturated heterocycles. The quantitative estimate of drug-likeness (QED) is 0.390. The van der Waals surface area contributed by atoms with Crippen LogP contribution in [-0.2, 0) is 17.8 Å². The van der Waals surface area contributed by atoms with Gasteiger partial charge in [0, 0.05) is 51.1 Å². The minimum atomic E-state index is -0.341. The molecule has 3 aromatic rings. The molecule has 0 atom stereocenters. The summed E-state index contributed by atoms with van der Waals surface area (Å²) in [6.07, 6.45) is 4.14. The number of H-pyrrole nitrogens is 1. The van der Waals surface area contributed by atoms with Crippen LogP contribution in [0.3, 0.4) is 0 Å². The molecule has 1 aromatic heterocycles. The highest BCUT2D eigenvalue weighted by atomic mass is 16.5. The lowest BCUT2D eigenvalue weighted by Crippen LogP contribution is -2.48. The smallest absolute Gasteiger partial charge is 0.273 e. The first-order valence-electron chi connectivity index (χ1n) is 13.9. The van der Waals surface area contributed by atoms with E-state index in [2.05, 4.69) is 32.2 Å². The van der Waals surface area contributed by atoms with Crippen LogP contribution in [0.5, 0.6) is 17.2 Å². The normalized spacial score (nSPS) is 15.9. The van der Waals surface area contributed by atoms with E-state index in [-0.39, 0.29) is 30.0 Å². The van der Waals surface area contributed by atoms with Gasteiger partial charge in [-0.3, -0.25) is 14.5 Å². The number of nitrogens with one attached hydrogen (secondary N) is 1. The van der Waals surface area contributed by atoms with Crippen LogP contribution in [0.25, 0.3) is 11.4 Å². The summed E-state index contributed by atoms with van der Waals surface area (Å²) in [7, 11) is 3.25. The Hall–Kier alpha value is -3.92. The van der Waals surface area contributed by atoms with Gasteiger partial charge in [0.2, 0.25) is 5.91 Å². The molecule has 1 aliphatic carbocycles. The van der Waals surface area contributed by atoms with Crippen molar-refractivity contribution in [3.8, 4) is 28.6 Å². The number of carbonyl (C=O) groups is 1. The number of rotatable bonds is 11. The van der Waals surface area contributed by atoms with Gasteiger partial charge in [-0.15, -0.1) is 10.2 Å². The molecule has 1 saturated carbocycles. The summed E-state index contributed by atoms with van der Waals surface area (Å²) in [4.78, 5) is 32.6. The molecule has 0 bridgehead atoms. The van der Waals surface area contributed by atoms with Crippen molar-refractivity contribution < 1.29 is 19.0 Å². The van der Waals surface area contributed by atoms with Crippen LogP contribution in [0.1, 0.15) is 36.9 Å². The van der Waals surface area contributed by atoms with E-state index in [0.717, 1.165) is 25.4 Å². The van der Waals surface area contributed by atoms with Crippen molar-refractivity contribution in [1.82, 2.24) is 25.0 Å². The van der Waals surface area contributed by atoms with Crippen LogP contribution in [0, 0.1) is 5.92 Å². The van der Waals surface area contributed by atoms with Crippen LogP contribution in [0.4, 0.5) is 0 Å². The fourth-order valence-corrected chi connectivity index (χ4v) is 4.98. The van der Waals surface area contributed by atoms with Crippen molar-refractivity contribution in [3.05, 3.63) is 64.1 Å². The zero-order valence-corrected chi connectivity index (χ0v) is 23.2. The predicted octanol–water partition coefficient (Wildman–Crippen LogP) is 3.31. The third kappa shape index (κ3) is 6.80. The number of aromatic amines is 1. The Morgan fingerprint density at radius 1 is 0.975 bits per heavy atom. The summed E-state index contributed by atoms with van der Waals surface area (Å²) in [6.45, 7) is 4.46. The first kappa shape index (κ1) is 27.6. The number of amides is 1. The zero-order valence-electron chi connectivity index (χ0n) is 23.2. The molecular formula is C30H37N5O5. The van der Waals surface area contributed by atoms with Gasteiger partial charge in [-0.2, -0.15) is 0 Å². The van der Waals surface area contributed by atoms with Gasteiger partial charge >= 0.3 is 0 Å². The van der Waals surface area contributed by atoms with Gasteiger partial charge in [0.1, 0.15) is 11.4 Å². The van der Waals surface area contributed by atoms with E-state index in [9.17, 15) is 9.59 Å². The highest BCUT2D eigenvalue weighted by Gasteiger charge is 2.22. The second-order valence-corrected chi connectivity index (χ2v) is 10.4. The van der Waals surface area contributed by atoms with Crippen LogP contribution >= 0.6 is 0 Å². The average Bonchev–Trinajstić information content (AvgIpc) is 2.96. The molecule has 2 aromatic carbocycles. The van der Waals surface area contributed by atoms with E-state index in [1.807, 2.05) is 29.2 Å². The van der Waals surface area contributed by atoms with Gasteiger partial charge in [0.15, 0.2) is 17.3 Å². The summed E-state index contributed by atoms with van der Waals surface area (Å²) >= 11 is 0. The first-order valence-corrected chi connectivity index (χ1v) is 13.9. The lowest BCUT2D eigenvalue weighted by Gasteiger charge is -2.34. The highest BCUT2D eigenvalue weighted by molar-refractivity contribution is 5.76. The van der Waals surface area contributed by atoms with Crippen molar-refractivity contribution in [3.63, 3.8) is 0 Å². The monoisotopic (exact) mass is 547 g/mol. The van der Waals surface area contributed by atoms with Gasteiger partial charge < -0.3 is 24.1 Å². The second kappa shape index (κ2) is 13.0. The lowest BCUT2D eigenvalue weighted by atomic mass is 9.86.